The second-order valence-electron chi connectivity index (χ2n) is 8.10. The molecule has 0 saturated heterocycles. The summed E-state index contributed by atoms with van der Waals surface area (Å²) in [5.74, 6) is 1.39. The summed E-state index contributed by atoms with van der Waals surface area (Å²) in [5, 5.41) is 22.9. The Balaban J connectivity index is 1.50. The maximum atomic E-state index is 12.7. The minimum Gasteiger partial charge on any atom is -0.395 e. The fraction of sp³-hybridized carbons (Fsp3) is 0.160. The molecule has 0 radical (unpaired) electrons. The molecule has 3 aromatic carbocycles. The Labute approximate surface area is 202 Å². The summed E-state index contributed by atoms with van der Waals surface area (Å²) < 4.78 is 27.8. The van der Waals surface area contributed by atoms with Crippen LogP contribution in [0.2, 0.25) is 0 Å². The quantitative estimate of drug-likeness (QED) is 0.263. The van der Waals surface area contributed by atoms with Crippen LogP contribution in [0, 0.1) is 6.92 Å². The number of H-pyrrole nitrogens is 1. The lowest BCUT2D eigenvalue weighted by Crippen LogP contribution is -2.27. The number of imidazole rings is 1. The molecule has 0 aliphatic heterocycles. The first-order valence-electron chi connectivity index (χ1n) is 11.1. The third-order valence-corrected chi connectivity index (χ3v) is 7.31. The molecule has 0 amide bonds. The van der Waals surface area contributed by atoms with E-state index in [0.29, 0.717) is 29.2 Å². The molecule has 2 heterocycles. The molecule has 4 N–H and O–H groups in total. The van der Waals surface area contributed by atoms with E-state index in [2.05, 4.69) is 30.2 Å². The average Bonchev–Trinajstić information content (AvgIpc) is 3.29. The molecule has 0 saturated carbocycles. The van der Waals surface area contributed by atoms with Gasteiger partial charge in [-0.05, 0) is 30.7 Å². The van der Waals surface area contributed by atoms with Crippen molar-refractivity contribution in [2.45, 2.75) is 18.4 Å². The number of anilines is 1. The van der Waals surface area contributed by atoms with Crippen molar-refractivity contribution in [3.8, 4) is 11.3 Å². The van der Waals surface area contributed by atoms with Crippen LogP contribution < -0.4 is 10.0 Å². The summed E-state index contributed by atoms with van der Waals surface area (Å²) in [7, 11) is -3.78. The highest BCUT2D eigenvalue weighted by molar-refractivity contribution is 7.89. The molecule has 2 aromatic heterocycles. The molecule has 0 fully saturated rings. The Bertz CT molecular complexity index is 1600. The van der Waals surface area contributed by atoms with Gasteiger partial charge in [0.05, 0.1) is 29.1 Å². The largest absolute Gasteiger partial charge is 0.395 e. The van der Waals surface area contributed by atoms with Crippen molar-refractivity contribution >= 4 is 37.6 Å². The molecule has 9 nitrogen and oxygen atoms in total. The van der Waals surface area contributed by atoms with Gasteiger partial charge in [-0.2, -0.15) is 0 Å². The van der Waals surface area contributed by atoms with E-state index >= 15 is 0 Å². The van der Waals surface area contributed by atoms with Crippen LogP contribution in [-0.2, 0) is 16.6 Å². The molecule has 0 bridgehead atoms. The van der Waals surface area contributed by atoms with Gasteiger partial charge in [0.25, 0.3) is 0 Å². The molecule has 35 heavy (non-hydrogen) atoms. The number of hydrogen-bond acceptors (Lipinski definition) is 7. The highest BCUT2D eigenvalue weighted by Crippen LogP contribution is 2.31. The van der Waals surface area contributed by atoms with E-state index in [1.54, 1.807) is 19.1 Å². The normalized spacial score (nSPS) is 11.8. The number of aliphatic hydroxyl groups excluding tert-OH is 1. The number of benzene rings is 3. The van der Waals surface area contributed by atoms with Crippen molar-refractivity contribution in [2.24, 2.45) is 0 Å². The molecule has 5 aromatic rings. The van der Waals surface area contributed by atoms with Gasteiger partial charge in [-0.15, -0.1) is 10.2 Å². The van der Waals surface area contributed by atoms with Crippen LogP contribution in [0.15, 0.2) is 71.6 Å². The van der Waals surface area contributed by atoms with Crippen molar-refractivity contribution in [1.82, 2.24) is 24.9 Å². The minimum absolute atomic E-state index is 0.0552. The summed E-state index contributed by atoms with van der Waals surface area (Å²) in [6, 6.07) is 20.7. The number of aromatic nitrogens is 4. The van der Waals surface area contributed by atoms with Gasteiger partial charge in [-0.3, -0.25) is 0 Å². The molecular weight excluding hydrogens is 464 g/mol. The van der Waals surface area contributed by atoms with Gasteiger partial charge in [0.15, 0.2) is 5.82 Å². The highest BCUT2D eigenvalue weighted by Gasteiger charge is 2.19. The predicted molar refractivity (Wildman–Crippen MR) is 135 cm³/mol. The summed E-state index contributed by atoms with van der Waals surface area (Å²) in [6.07, 6.45) is 0. The van der Waals surface area contributed by atoms with E-state index in [9.17, 15) is 8.42 Å². The van der Waals surface area contributed by atoms with E-state index in [1.165, 1.54) is 0 Å². The number of nitrogens with zero attached hydrogens (tertiary/aromatic N) is 3. The molecular formula is C25H24N6O3S. The van der Waals surface area contributed by atoms with Crippen molar-refractivity contribution in [1.29, 1.82) is 0 Å². The van der Waals surface area contributed by atoms with Crippen molar-refractivity contribution in [3.05, 3.63) is 78.1 Å². The first-order valence-corrected chi connectivity index (χ1v) is 12.6. The van der Waals surface area contributed by atoms with Gasteiger partial charge in [-0.1, -0.05) is 48.5 Å². The van der Waals surface area contributed by atoms with Crippen LogP contribution in [-0.4, -0.2) is 46.8 Å². The van der Waals surface area contributed by atoms with Crippen LogP contribution in [0.1, 0.15) is 11.4 Å². The number of fused-ring (bicyclic) bond motifs is 2. The number of aromatic amines is 1. The van der Waals surface area contributed by atoms with E-state index < -0.39 is 10.0 Å². The number of nitrogens with one attached hydrogen (secondary N) is 3. The summed E-state index contributed by atoms with van der Waals surface area (Å²) in [6.45, 7) is 1.83. The van der Waals surface area contributed by atoms with E-state index in [1.807, 2.05) is 54.6 Å². The SMILES string of the molecule is Cc1ccc(-c2nnc(NCc3nc4ccccc4[nH]3)c3ccccc23)cc1S(=O)(=O)NCCO. The van der Waals surface area contributed by atoms with E-state index in [0.717, 1.165) is 27.6 Å². The van der Waals surface area contributed by atoms with Crippen LogP contribution in [0.4, 0.5) is 5.82 Å². The fourth-order valence-electron chi connectivity index (χ4n) is 4.00. The molecule has 10 heteroatoms. The summed E-state index contributed by atoms with van der Waals surface area (Å²) in [4.78, 5) is 8.02. The van der Waals surface area contributed by atoms with Crippen molar-refractivity contribution in [3.63, 3.8) is 0 Å². The second-order valence-corrected chi connectivity index (χ2v) is 9.83. The van der Waals surface area contributed by atoms with Crippen LogP contribution in [0.3, 0.4) is 0 Å². The topological polar surface area (TPSA) is 133 Å². The summed E-state index contributed by atoms with van der Waals surface area (Å²) in [5.41, 5.74) is 3.67. The van der Waals surface area contributed by atoms with Crippen molar-refractivity contribution < 1.29 is 13.5 Å². The Hall–Kier alpha value is -3.86. The molecule has 0 atom stereocenters. The Kier molecular flexibility index (Phi) is 6.16. The van der Waals surface area contributed by atoms with Gasteiger partial charge in [-0.25, -0.2) is 18.1 Å². The fourth-order valence-corrected chi connectivity index (χ4v) is 5.29. The van der Waals surface area contributed by atoms with Crippen LogP contribution in [0.25, 0.3) is 33.1 Å². The van der Waals surface area contributed by atoms with Gasteiger partial charge in [0.1, 0.15) is 11.5 Å². The zero-order chi connectivity index (χ0) is 24.4. The number of hydrogen-bond donors (Lipinski definition) is 4. The molecule has 0 unspecified atom stereocenters. The Morgan fingerprint density at radius 3 is 2.54 bits per heavy atom. The molecule has 0 aliphatic rings. The zero-order valence-electron chi connectivity index (χ0n) is 19.0. The first kappa shape index (κ1) is 22.9. The monoisotopic (exact) mass is 488 g/mol. The van der Waals surface area contributed by atoms with Gasteiger partial charge in [0, 0.05) is 22.9 Å². The lowest BCUT2D eigenvalue weighted by molar-refractivity contribution is 0.301. The van der Waals surface area contributed by atoms with Crippen LogP contribution >= 0.6 is 0 Å². The first-order chi connectivity index (χ1) is 17.0. The minimum atomic E-state index is -3.78. The molecule has 5 rings (SSSR count). The maximum absolute atomic E-state index is 12.7. The maximum Gasteiger partial charge on any atom is 0.240 e. The Morgan fingerprint density at radius 1 is 0.971 bits per heavy atom. The van der Waals surface area contributed by atoms with Gasteiger partial charge in [0.2, 0.25) is 10.0 Å². The molecule has 178 valence electrons. The number of rotatable bonds is 8. The Morgan fingerprint density at radius 2 is 1.74 bits per heavy atom. The zero-order valence-corrected chi connectivity index (χ0v) is 19.8. The molecule has 0 spiro atoms. The lowest BCUT2D eigenvalue weighted by atomic mass is 10.0. The third-order valence-electron chi connectivity index (χ3n) is 5.70. The van der Waals surface area contributed by atoms with E-state index in [-0.39, 0.29) is 18.0 Å². The second kappa shape index (κ2) is 9.41. The molecule has 0 aliphatic carbocycles. The van der Waals surface area contributed by atoms with Crippen LogP contribution in [0.5, 0.6) is 0 Å². The number of sulfonamides is 1. The number of aryl methyl sites for hydroxylation is 1. The summed E-state index contributed by atoms with van der Waals surface area (Å²) >= 11 is 0. The standard InChI is InChI=1S/C25H24N6O3S/c1-16-10-11-17(14-22(16)35(33,34)27-12-13-32)24-18-6-2-3-7-19(18)25(31-30-24)26-15-23-28-20-8-4-5-9-21(20)29-23/h2-11,14,27,32H,12-13,15H2,1H3,(H,26,31)(H,28,29). The number of para-hydroxylation sites is 2. The predicted octanol–water partition coefficient (Wildman–Crippen LogP) is 3.36. The van der Waals surface area contributed by atoms with Gasteiger partial charge >= 0.3 is 0 Å². The van der Waals surface area contributed by atoms with E-state index in [4.69, 9.17) is 5.11 Å². The van der Waals surface area contributed by atoms with Gasteiger partial charge < -0.3 is 15.4 Å². The third kappa shape index (κ3) is 4.59. The average molecular weight is 489 g/mol. The highest BCUT2D eigenvalue weighted by atomic mass is 32.2. The number of aliphatic hydroxyl groups is 1. The smallest absolute Gasteiger partial charge is 0.240 e. The van der Waals surface area contributed by atoms with Crippen molar-refractivity contribution in [2.75, 3.05) is 18.5 Å². The lowest BCUT2D eigenvalue weighted by Gasteiger charge is -2.13.